The molecule has 1 fully saturated rings. The summed E-state index contributed by atoms with van der Waals surface area (Å²) in [6.45, 7) is 8.20. The van der Waals surface area contributed by atoms with Gasteiger partial charge in [-0.25, -0.2) is 0 Å². The molecule has 1 aromatic rings. The first-order chi connectivity index (χ1) is 11.7. The van der Waals surface area contributed by atoms with Gasteiger partial charge in [0.05, 0.1) is 31.0 Å². The van der Waals surface area contributed by atoms with Gasteiger partial charge in [0.1, 0.15) is 17.8 Å². The summed E-state index contributed by atoms with van der Waals surface area (Å²) in [4.78, 5) is 11.1. The zero-order chi connectivity index (χ0) is 18.8. The van der Waals surface area contributed by atoms with Crippen LogP contribution in [0.4, 0.5) is 0 Å². The van der Waals surface area contributed by atoms with Gasteiger partial charge in [0.2, 0.25) is 0 Å². The van der Waals surface area contributed by atoms with Crippen LogP contribution in [0.1, 0.15) is 43.6 Å². The number of nitrogens with two attached hydrogens (primary N) is 1. The van der Waals surface area contributed by atoms with Gasteiger partial charge in [-0.3, -0.25) is 4.79 Å². The lowest BCUT2D eigenvalue weighted by atomic mass is 9.77. The lowest BCUT2D eigenvalue weighted by Crippen LogP contribution is -2.41. The van der Waals surface area contributed by atoms with Gasteiger partial charge >= 0.3 is 7.12 Å². The SMILES string of the molecule is COc1cc(C=O)cc(OC)c1C=C(CN)B1OC(C)(C)C(C)(C)O1. The monoisotopic (exact) mass is 347 g/mol. The Bertz CT molecular complexity index is 643. The molecule has 1 saturated heterocycles. The summed E-state index contributed by atoms with van der Waals surface area (Å²) in [6.07, 6.45) is 2.59. The second-order valence-corrected chi connectivity index (χ2v) is 6.97. The predicted octanol–water partition coefficient (Wildman–Crippen LogP) is 2.49. The van der Waals surface area contributed by atoms with Gasteiger partial charge in [0, 0.05) is 12.1 Å². The van der Waals surface area contributed by atoms with Crippen LogP contribution in [0.5, 0.6) is 11.5 Å². The summed E-state index contributed by atoms with van der Waals surface area (Å²) >= 11 is 0. The molecule has 0 spiro atoms. The van der Waals surface area contributed by atoms with Crippen LogP contribution in [0, 0.1) is 0 Å². The van der Waals surface area contributed by atoms with Gasteiger partial charge in [-0.1, -0.05) is 6.08 Å². The number of carbonyl (C=O) groups excluding carboxylic acids is 1. The standard InChI is InChI=1S/C18H26BNO5/c1-17(2)18(3,4)25-19(24-17)13(10-20)9-14-15(22-5)7-12(11-21)8-16(14)23-6/h7-9,11H,10,20H2,1-6H3. The smallest absolute Gasteiger partial charge is 0.491 e. The molecular formula is C18H26BNO5. The molecule has 0 amide bonds. The van der Waals surface area contributed by atoms with Crippen molar-refractivity contribution in [2.45, 2.75) is 38.9 Å². The van der Waals surface area contributed by atoms with E-state index in [9.17, 15) is 4.79 Å². The highest BCUT2D eigenvalue weighted by Crippen LogP contribution is 2.40. The maximum atomic E-state index is 11.1. The van der Waals surface area contributed by atoms with Crippen molar-refractivity contribution in [1.82, 2.24) is 0 Å². The number of hydrogen-bond acceptors (Lipinski definition) is 6. The van der Waals surface area contributed by atoms with Gasteiger partial charge < -0.3 is 24.5 Å². The molecule has 1 aliphatic rings. The molecule has 6 nitrogen and oxygen atoms in total. The predicted molar refractivity (Wildman–Crippen MR) is 98.0 cm³/mol. The Morgan fingerprint density at radius 2 is 1.60 bits per heavy atom. The van der Waals surface area contributed by atoms with Crippen molar-refractivity contribution in [3.8, 4) is 11.5 Å². The molecule has 1 aromatic carbocycles. The average Bonchev–Trinajstić information content (AvgIpc) is 2.79. The summed E-state index contributed by atoms with van der Waals surface area (Å²) in [7, 11) is 2.52. The molecule has 2 rings (SSSR count). The van der Waals surface area contributed by atoms with Crippen molar-refractivity contribution in [2.24, 2.45) is 5.73 Å². The third-order valence-corrected chi connectivity index (χ3v) is 4.82. The summed E-state index contributed by atoms with van der Waals surface area (Å²) in [5.74, 6) is 1.04. The Morgan fingerprint density at radius 1 is 1.12 bits per heavy atom. The molecule has 2 N–H and O–H groups in total. The van der Waals surface area contributed by atoms with E-state index >= 15 is 0 Å². The molecule has 1 heterocycles. The maximum Gasteiger partial charge on any atom is 0.491 e. The van der Waals surface area contributed by atoms with Crippen LogP contribution in [0.3, 0.4) is 0 Å². The minimum Gasteiger partial charge on any atom is -0.496 e. The Balaban J connectivity index is 2.49. The largest absolute Gasteiger partial charge is 0.496 e. The molecule has 0 radical (unpaired) electrons. The second-order valence-electron chi connectivity index (χ2n) is 6.97. The van der Waals surface area contributed by atoms with Gasteiger partial charge in [-0.05, 0) is 45.3 Å². The maximum absolute atomic E-state index is 11.1. The molecule has 7 heteroatoms. The zero-order valence-electron chi connectivity index (χ0n) is 15.7. The number of hydrogen-bond donors (Lipinski definition) is 1. The minimum atomic E-state index is -0.560. The number of aldehydes is 1. The lowest BCUT2D eigenvalue weighted by molar-refractivity contribution is 0.00578. The van der Waals surface area contributed by atoms with Crippen molar-refractivity contribution >= 4 is 19.5 Å². The first-order valence-electron chi connectivity index (χ1n) is 8.16. The number of benzene rings is 1. The second kappa shape index (κ2) is 7.19. The number of ether oxygens (including phenoxy) is 2. The fraction of sp³-hybridized carbons (Fsp3) is 0.500. The minimum absolute atomic E-state index is 0.249. The van der Waals surface area contributed by atoms with Crippen LogP contribution in [0.2, 0.25) is 0 Å². The number of methoxy groups -OCH3 is 2. The van der Waals surface area contributed by atoms with Crippen molar-refractivity contribution in [3.63, 3.8) is 0 Å². The highest BCUT2D eigenvalue weighted by molar-refractivity contribution is 6.56. The van der Waals surface area contributed by atoms with E-state index in [1.165, 1.54) is 14.2 Å². The Labute approximate surface area is 149 Å². The van der Waals surface area contributed by atoms with Crippen molar-refractivity contribution in [3.05, 3.63) is 28.7 Å². The van der Waals surface area contributed by atoms with Crippen LogP contribution in [-0.4, -0.2) is 45.4 Å². The lowest BCUT2D eigenvalue weighted by Gasteiger charge is -2.32. The third-order valence-electron chi connectivity index (χ3n) is 4.82. The molecule has 25 heavy (non-hydrogen) atoms. The van der Waals surface area contributed by atoms with E-state index in [0.29, 0.717) is 22.6 Å². The highest BCUT2D eigenvalue weighted by atomic mass is 16.7. The Kier molecular flexibility index (Phi) is 5.61. The van der Waals surface area contributed by atoms with Crippen LogP contribution in [0.15, 0.2) is 17.6 Å². The highest BCUT2D eigenvalue weighted by Gasteiger charge is 2.52. The van der Waals surface area contributed by atoms with Crippen molar-refractivity contribution in [2.75, 3.05) is 20.8 Å². The van der Waals surface area contributed by atoms with Crippen LogP contribution in [0.25, 0.3) is 6.08 Å². The van der Waals surface area contributed by atoms with Gasteiger partial charge in [0.25, 0.3) is 0 Å². The molecule has 0 unspecified atom stereocenters. The first kappa shape index (κ1) is 19.5. The van der Waals surface area contributed by atoms with E-state index in [1.807, 2.05) is 33.8 Å². The molecule has 136 valence electrons. The van der Waals surface area contributed by atoms with Crippen LogP contribution in [-0.2, 0) is 9.31 Å². The molecule has 1 aliphatic heterocycles. The molecule has 0 atom stereocenters. The first-order valence-corrected chi connectivity index (χ1v) is 8.16. The van der Waals surface area contributed by atoms with Gasteiger partial charge in [-0.15, -0.1) is 0 Å². The molecule has 0 saturated carbocycles. The molecule has 0 aromatic heterocycles. The van der Waals surface area contributed by atoms with Crippen molar-refractivity contribution in [1.29, 1.82) is 0 Å². The quantitative estimate of drug-likeness (QED) is 0.629. The third kappa shape index (κ3) is 3.73. The molecular weight excluding hydrogens is 321 g/mol. The Morgan fingerprint density at radius 3 is 1.96 bits per heavy atom. The van der Waals surface area contributed by atoms with E-state index in [1.54, 1.807) is 12.1 Å². The summed E-state index contributed by atoms with van der Waals surface area (Å²) < 4.78 is 23.0. The fourth-order valence-electron chi connectivity index (χ4n) is 2.57. The number of carbonyl (C=O) groups is 1. The molecule has 0 aliphatic carbocycles. The fourth-order valence-corrected chi connectivity index (χ4v) is 2.57. The topological polar surface area (TPSA) is 80.0 Å². The van der Waals surface area contributed by atoms with E-state index in [0.717, 1.165) is 11.8 Å². The summed E-state index contributed by atoms with van der Waals surface area (Å²) in [5, 5.41) is 0. The number of rotatable bonds is 6. The Hall–Kier alpha value is -1.83. The summed E-state index contributed by atoms with van der Waals surface area (Å²) in [6, 6.07) is 3.31. The van der Waals surface area contributed by atoms with E-state index in [-0.39, 0.29) is 6.54 Å². The zero-order valence-corrected chi connectivity index (χ0v) is 15.7. The van der Waals surface area contributed by atoms with E-state index in [2.05, 4.69) is 0 Å². The molecule has 0 bridgehead atoms. The van der Waals surface area contributed by atoms with E-state index < -0.39 is 18.3 Å². The van der Waals surface area contributed by atoms with Gasteiger partial charge in [0.15, 0.2) is 0 Å². The van der Waals surface area contributed by atoms with E-state index in [4.69, 9.17) is 24.5 Å². The van der Waals surface area contributed by atoms with Gasteiger partial charge in [-0.2, -0.15) is 0 Å². The average molecular weight is 347 g/mol. The summed E-state index contributed by atoms with van der Waals surface area (Å²) in [5.41, 5.74) is 6.95. The van der Waals surface area contributed by atoms with Crippen LogP contribution >= 0.6 is 0 Å². The normalized spacial score (nSPS) is 19.0. The van der Waals surface area contributed by atoms with Crippen molar-refractivity contribution < 1.29 is 23.6 Å². The van der Waals surface area contributed by atoms with Crippen LogP contribution < -0.4 is 15.2 Å².